The van der Waals surface area contributed by atoms with Crippen LogP contribution in [-0.2, 0) is 14.3 Å². The van der Waals surface area contributed by atoms with Crippen LogP contribution in [0.25, 0.3) is 21.5 Å². The van der Waals surface area contributed by atoms with Gasteiger partial charge in [-0.3, -0.25) is 0 Å². The van der Waals surface area contributed by atoms with Crippen molar-refractivity contribution in [3.05, 3.63) is 66.9 Å². The quantitative estimate of drug-likeness (QED) is 0.392. The van der Waals surface area contributed by atoms with E-state index in [9.17, 15) is 8.42 Å². The second kappa shape index (κ2) is 6.93. The SMILES string of the molecule is C=C(C)OS(=O)(=O)c1cccc2cc3ccccc3cc12.[Rb]. The molecule has 0 heterocycles. The molecule has 22 heavy (non-hydrogen) atoms. The van der Waals surface area contributed by atoms with Crippen LogP contribution in [0.3, 0.4) is 0 Å². The molecule has 0 aliphatic rings. The summed E-state index contributed by atoms with van der Waals surface area (Å²) in [6.07, 6.45) is 0. The second-order valence-electron chi connectivity index (χ2n) is 4.92. The summed E-state index contributed by atoms with van der Waals surface area (Å²) in [5.41, 5.74) is 0. The van der Waals surface area contributed by atoms with E-state index in [1.165, 1.54) is 6.92 Å². The largest absolute Gasteiger partial charge is 0.384 e. The summed E-state index contributed by atoms with van der Waals surface area (Å²) in [6, 6.07) is 16.8. The second-order valence-corrected chi connectivity index (χ2v) is 6.43. The Morgan fingerprint density at radius 2 is 1.55 bits per heavy atom. The third kappa shape index (κ3) is 3.52. The van der Waals surface area contributed by atoms with Gasteiger partial charge in [0.05, 0.1) is 0 Å². The van der Waals surface area contributed by atoms with Gasteiger partial charge in [-0.05, 0) is 41.3 Å². The number of rotatable bonds is 3. The summed E-state index contributed by atoms with van der Waals surface area (Å²) in [6.45, 7) is 5.01. The van der Waals surface area contributed by atoms with E-state index in [1.807, 2.05) is 42.5 Å². The van der Waals surface area contributed by atoms with Gasteiger partial charge in [0.2, 0.25) is 0 Å². The van der Waals surface area contributed by atoms with Crippen molar-refractivity contribution < 1.29 is 12.6 Å². The Labute approximate surface area is 178 Å². The van der Waals surface area contributed by atoms with Crippen molar-refractivity contribution in [1.29, 1.82) is 0 Å². The van der Waals surface area contributed by atoms with Crippen molar-refractivity contribution in [2.24, 2.45) is 0 Å². The van der Waals surface area contributed by atoms with E-state index in [0.717, 1.165) is 16.2 Å². The number of hydrogen-bond donors (Lipinski definition) is 0. The predicted octanol–water partition coefficient (Wildman–Crippen LogP) is 3.85. The van der Waals surface area contributed by atoms with Gasteiger partial charge in [0.1, 0.15) is 10.7 Å². The minimum Gasteiger partial charge on any atom is -0.384 e. The molecule has 0 spiro atoms. The number of fused-ring (bicyclic) bond motifs is 2. The van der Waals surface area contributed by atoms with Crippen molar-refractivity contribution in [1.82, 2.24) is 0 Å². The molecular formula is C17H14O3RbS. The van der Waals surface area contributed by atoms with Gasteiger partial charge in [0, 0.05) is 63.6 Å². The first-order valence-corrected chi connectivity index (χ1v) is 7.90. The molecule has 0 atom stereocenters. The molecule has 5 heteroatoms. The monoisotopic (exact) mass is 383 g/mol. The Morgan fingerprint density at radius 3 is 2.18 bits per heavy atom. The Balaban J connectivity index is 0.00000176. The summed E-state index contributed by atoms with van der Waals surface area (Å²) in [5, 5.41) is 3.57. The van der Waals surface area contributed by atoms with Gasteiger partial charge in [-0.2, -0.15) is 8.42 Å². The molecule has 3 aromatic rings. The Kier molecular flexibility index (Phi) is 5.61. The van der Waals surface area contributed by atoms with Crippen molar-refractivity contribution in [3.8, 4) is 0 Å². The summed E-state index contributed by atoms with van der Waals surface area (Å²) >= 11 is 0. The van der Waals surface area contributed by atoms with Crippen LogP contribution in [0.15, 0.2) is 71.8 Å². The Morgan fingerprint density at radius 1 is 0.955 bits per heavy atom. The molecule has 107 valence electrons. The van der Waals surface area contributed by atoms with Gasteiger partial charge in [-0.25, -0.2) is 0 Å². The molecule has 0 saturated heterocycles. The average molecular weight is 384 g/mol. The molecule has 3 nitrogen and oxygen atoms in total. The van der Waals surface area contributed by atoms with Gasteiger partial charge in [-0.1, -0.05) is 43.0 Å². The maximum absolute atomic E-state index is 12.3. The number of hydrogen-bond acceptors (Lipinski definition) is 3. The first-order chi connectivity index (χ1) is 9.97. The number of allylic oxidation sites excluding steroid dienone is 1. The molecule has 0 fully saturated rings. The molecule has 0 aliphatic heterocycles. The van der Waals surface area contributed by atoms with E-state index >= 15 is 0 Å². The summed E-state index contributed by atoms with van der Waals surface area (Å²) in [5.74, 6) is 0.146. The van der Waals surface area contributed by atoms with Crippen LogP contribution in [0.2, 0.25) is 0 Å². The Hall–Kier alpha value is -0.525. The zero-order valence-electron chi connectivity index (χ0n) is 12.5. The third-order valence-corrected chi connectivity index (χ3v) is 4.63. The smallest absolute Gasteiger partial charge is 0.339 e. The van der Waals surface area contributed by atoms with Crippen molar-refractivity contribution in [3.63, 3.8) is 0 Å². The topological polar surface area (TPSA) is 43.4 Å². The van der Waals surface area contributed by atoms with Gasteiger partial charge in [0.15, 0.2) is 0 Å². The zero-order valence-corrected chi connectivity index (χ0v) is 18.3. The van der Waals surface area contributed by atoms with Crippen molar-refractivity contribution in [2.75, 3.05) is 0 Å². The fraction of sp³-hybridized carbons (Fsp3) is 0.0588. The molecule has 0 aromatic heterocycles. The molecule has 3 rings (SSSR count). The first kappa shape index (κ1) is 17.8. The molecule has 0 saturated carbocycles. The summed E-state index contributed by atoms with van der Waals surface area (Å²) in [4.78, 5) is 0.161. The first-order valence-electron chi connectivity index (χ1n) is 6.49. The molecule has 0 aliphatic carbocycles. The van der Waals surface area contributed by atoms with Crippen LogP contribution < -0.4 is 0 Å². The predicted molar refractivity (Wildman–Crippen MR) is 90.3 cm³/mol. The Bertz CT molecular complexity index is 962. The zero-order chi connectivity index (χ0) is 15.0. The third-order valence-electron chi connectivity index (χ3n) is 3.23. The van der Waals surface area contributed by atoms with Gasteiger partial charge >= 0.3 is 10.1 Å². The van der Waals surface area contributed by atoms with E-state index in [0.29, 0.717) is 5.39 Å². The van der Waals surface area contributed by atoms with E-state index in [1.54, 1.807) is 12.1 Å². The van der Waals surface area contributed by atoms with Crippen LogP contribution in [0.1, 0.15) is 6.92 Å². The fourth-order valence-corrected chi connectivity index (χ4v) is 3.54. The van der Waals surface area contributed by atoms with Crippen LogP contribution in [0, 0.1) is 0 Å². The van der Waals surface area contributed by atoms with Crippen LogP contribution in [0.5, 0.6) is 0 Å². The average Bonchev–Trinajstić information content (AvgIpc) is 2.43. The van der Waals surface area contributed by atoms with Crippen LogP contribution in [0.4, 0.5) is 0 Å². The van der Waals surface area contributed by atoms with E-state index in [2.05, 4.69) is 6.58 Å². The van der Waals surface area contributed by atoms with Gasteiger partial charge in [-0.15, -0.1) is 0 Å². The standard InChI is InChI=1S/C17H14O3S.Rb/c1-12(2)20-21(18,19)17-9-5-8-15-10-13-6-3-4-7-14(13)11-16(15)17;/h3-11H,1H2,2H3;. The molecular weight excluding hydrogens is 370 g/mol. The van der Waals surface area contributed by atoms with Crippen molar-refractivity contribution >= 4 is 89.9 Å². The van der Waals surface area contributed by atoms with Gasteiger partial charge in [0.25, 0.3) is 0 Å². The van der Waals surface area contributed by atoms with Crippen LogP contribution in [-0.4, -0.2) is 66.6 Å². The summed E-state index contributed by atoms with van der Waals surface area (Å²) < 4.78 is 29.5. The fourth-order valence-electron chi connectivity index (χ4n) is 2.39. The van der Waals surface area contributed by atoms with E-state index < -0.39 is 10.1 Å². The van der Waals surface area contributed by atoms with E-state index in [4.69, 9.17) is 4.18 Å². The molecule has 0 bridgehead atoms. The summed E-state index contributed by atoms with van der Waals surface area (Å²) in [7, 11) is -3.85. The minimum atomic E-state index is -3.85. The minimum absolute atomic E-state index is 0. The molecule has 0 amide bonds. The molecule has 0 N–H and O–H groups in total. The molecule has 3 aromatic carbocycles. The van der Waals surface area contributed by atoms with Crippen LogP contribution >= 0.6 is 0 Å². The molecule has 0 unspecified atom stereocenters. The van der Waals surface area contributed by atoms with E-state index in [-0.39, 0.29) is 68.8 Å². The maximum atomic E-state index is 12.3. The van der Waals surface area contributed by atoms with Crippen molar-refractivity contribution in [2.45, 2.75) is 11.8 Å². The normalized spacial score (nSPS) is 11.1. The molecule has 1 radical (unpaired) electrons. The van der Waals surface area contributed by atoms with Gasteiger partial charge < -0.3 is 4.18 Å². The number of benzene rings is 3. The maximum Gasteiger partial charge on any atom is 0.339 e.